The highest BCUT2D eigenvalue weighted by molar-refractivity contribution is 7.89. The molecule has 1 amide bonds. The summed E-state index contributed by atoms with van der Waals surface area (Å²) < 4.78 is 27.4. The lowest BCUT2D eigenvalue weighted by molar-refractivity contribution is -0.115. The summed E-state index contributed by atoms with van der Waals surface area (Å²) in [6.45, 7) is 3.50. The third-order valence-corrected chi connectivity index (χ3v) is 6.85. The first-order valence-electron chi connectivity index (χ1n) is 9.82. The van der Waals surface area contributed by atoms with E-state index >= 15 is 0 Å². The number of sulfonamides is 1. The summed E-state index contributed by atoms with van der Waals surface area (Å²) in [5.41, 5.74) is 3.80. The first kappa shape index (κ1) is 20.6. The molecule has 150 valence electrons. The molecular weight excluding hydrogens is 372 g/mol. The molecule has 0 unspecified atom stereocenters. The number of amides is 1. The number of benzene rings is 2. The van der Waals surface area contributed by atoms with E-state index in [4.69, 9.17) is 0 Å². The van der Waals surface area contributed by atoms with Crippen molar-refractivity contribution >= 4 is 21.6 Å². The Morgan fingerprint density at radius 2 is 1.57 bits per heavy atom. The van der Waals surface area contributed by atoms with E-state index < -0.39 is 10.0 Å². The Bertz CT molecular complexity index is 911. The lowest BCUT2D eigenvalue weighted by atomic mass is 9.84. The van der Waals surface area contributed by atoms with E-state index in [0.717, 1.165) is 16.8 Å². The summed E-state index contributed by atoms with van der Waals surface area (Å²) in [7, 11) is -3.73. The average Bonchev–Trinajstić information content (AvgIpc) is 2.70. The van der Waals surface area contributed by atoms with Crippen molar-refractivity contribution in [2.24, 2.45) is 0 Å². The van der Waals surface area contributed by atoms with Crippen molar-refractivity contribution in [3.05, 3.63) is 59.2 Å². The zero-order valence-corrected chi connectivity index (χ0v) is 17.3. The van der Waals surface area contributed by atoms with Crippen LogP contribution < -0.4 is 10.0 Å². The van der Waals surface area contributed by atoms with Crippen molar-refractivity contribution in [1.82, 2.24) is 4.72 Å². The van der Waals surface area contributed by atoms with Crippen LogP contribution in [0.2, 0.25) is 0 Å². The van der Waals surface area contributed by atoms with Crippen LogP contribution in [-0.2, 0) is 14.8 Å². The van der Waals surface area contributed by atoms with E-state index in [0.29, 0.717) is 5.92 Å². The molecule has 1 saturated carbocycles. The average molecular weight is 401 g/mol. The standard InChI is InChI=1S/C22H28N2O3S/c1-16-7-6-8-17(2)22(16)24-21(25)15-23-28(26,27)20-13-11-19(12-14-20)18-9-4-3-5-10-18/h6-8,11-14,18,23H,3-5,9-10,15H2,1-2H3,(H,24,25). The monoisotopic (exact) mass is 400 g/mol. The molecule has 5 nitrogen and oxygen atoms in total. The molecule has 2 aromatic rings. The highest BCUT2D eigenvalue weighted by Crippen LogP contribution is 2.32. The molecule has 1 fully saturated rings. The van der Waals surface area contributed by atoms with Gasteiger partial charge in [0.1, 0.15) is 0 Å². The van der Waals surface area contributed by atoms with Crippen LogP contribution >= 0.6 is 0 Å². The molecule has 0 aliphatic heterocycles. The second-order valence-electron chi connectivity index (χ2n) is 7.54. The van der Waals surface area contributed by atoms with Crippen LogP contribution in [0.15, 0.2) is 47.4 Å². The van der Waals surface area contributed by atoms with E-state index in [1.807, 2.05) is 44.2 Å². The lowest BCUT2D eigenvalue weighted by Crippen LogP contribution is -2.33. The minimum atomic E-state index is -3.73. The third-order valence-electron chi connectivity index (χ3n) is 5.44. The summed E-state index contributed by atoms with van der Waals surface area (Å²) >= 11 is 0. The number of aryl methyl sites for hydroxylation is 2. The fourth-order valence-corrected chi connectivity index (χ4v) is 4.78. The van der Waals surface area contributed by atoms with Crippen LogP contribution in [0.25, 0.3) is 0 Å². The molecular formula is C22H28N2O3S. The quantitative estimate of drug-likeness (QED) is 0.760. The maximum absolute atomic E-state index is 12.5. The summed E-state index contributed by atoms with van der Waals surface area (Å²) in [6, 6.07) is 12.8. The summed E-state index contributed by atoms with van der Waals surface area (Å²) in [5.74, 6) is 0.140. The molecule has 0 radical (unpaired) electrons. The second kappa shape index (κ2) is 8.88. The van der Waals surface area contributed by atoms with E-state index in [1.165, 1.54) is 37.7 Å². The van der Waals surface area contributed by atoms with Gasteiger partial charge in [-0.15, -0.1) is 0 Å². The van der Waals surface area contributed by atoms with Crippen LogP contribution in [0.5, 0.6) is 0 Å². The smallest absolute Gasteiger partial charge is 0.241 e. The van der Waals surface area contributed by atoms with Crippen molar-refractivity contribution < 1.29 is 13.2 Å². The van der Waals surface area contributed by atoms with Crippen LogP contribution in [0.1, 0.15) is 54.7 Å². The normalized spacial score (nSPS) is 15.4. The van der Waals surface area contributed by atoms with Gasteiger partial charge in [-0.2, -0.15) is 0 Å². The van der Waals surface area contributed by atoms with E-state index in [-0.39, 0.29) is 17.3 Å². The number of carbonyl (C=O) groups is 1. The minimum absolute atomic E-state index is 0.187. The van der Waals surface area contributed by atoms with Crippen molar-refractivity contribution in [2.45, 2.75) is 56.8 Å². The third kappa shape index (κ3) is 5.00. The Morgan fingerprint density at radius 1 is 0.964 bits per heavy atom. The fourth-order valence-electron chi connectivity index (χ4n) is 3.79. The number of nitrogens with one attached hydrogen (secondary N) is 2. The highest BCUT2D eigenvalue weighted by Gasteiger charge is 2.19. The Morgan fingerprint density at radius 3 is 2.18 bits per heavy atom. The molecule has 6 heteroatoms. The van der Waals surface area contributed by atoms with Gasteiger partial charge in [-0.1, -0.05) is 49.6 Å². The molecule has 0 heterocycles. The predicted octanol–water partition coefficient (Wildman–Crippen LogP) is 4.27. The first-order chi connectivity index (χ1) is 13.4. The summed E-state index contributed by atoms with van der Waals surface area (Å²) in [5, 5.41) is 2.79. The van der Waals surface area contributed by atoms with Gasteiger partial charge in [0.25, 0.3) is 0 Å². The molecule has 1 aliphatic rings. The predicted molar refractivity (Wildman–Crippen MR) is 112 cm³/mol. The molecule has 0 bridgehead atoms. The zero-order valence-electron chi connectivity index (χ0n) is 16.5. The second-order valence-corrected chi connectivity index (χ2v) is 9.31. The van der Waals surface area contributed by atoms with Crippen molar-refractivity contribution in [2.75, 3.05) is 11.9 Å². The summed E-state index contributed by atoms with van der Waals surface area (Å²) in [6.07, 6.45) is 6.10. The van der Waals surface area contributed by atoms with Gasteiger partial charge in [-0.3, -0.25) is 4.79 Å². The van der Waals surface area contributed by atoms with Gasteiger partial charge in [0.05, 0.1) is 11.4 Å². The Balaban J connectivity index is 1.61. The van der Waals surface area contributed by atoms with Gasteiger partial charge in [-0.25, -0.2) is 13.1 Å². The number of hydrogen-bond acceptors (Lipinski definition) is 3. The Hall–Kier alpha value is -2.18. The minimum Gasteiger partial charge on any atom is -0.324 e. The lowest BCUT2D eigenvalue weighted by Gasteiger charge is -2.22. The zero-order chi connectivity index (χ0) is 20.1. The summed E-state index contributed by atoms with van der Waals surface area (Å²) in [4.78, 5) is 12.4. The molecule has 0 aromatic heterocycles. The fraction of sp³-hybridized carbons (Fsp3) is 0.409. The maximum Gasteiger partial charge on any atom is 0.241 e. The molecule has 2 N–H and O–H groups in total. The van der Waals surface area contributed by atoms with Gasteiger partial charge < -0.3 is 5.32 Å². The van der Waals surface area contributed by atoms with Gasteiger partial charge in [0.2, 0.25) is 15.9 Å². The van der Waals surface area contributed by atoms with Crippen molar-refractivity contribution in [3.8, 4) is 0 Å². The molecule has 1 aliphatic carbocycles. The van der Waals surface area contributed by atoms with Crippen LogP contribution in [0.3, 0.4) is 0 Å². The van der Waals surface area contributed by atoms with Crippen LogP contribution in [-0.4, -0.2) is 20.9 Å². The van der Waals surface area contributed by atoms with E-state index in [1.54, 1.807) is 12.1 Å². The number of rotatable bonds is 6. The molecule has 2 aromatic carbocycles. The number of carbonyl (C=O) groups excluding carboxylic acids is 1. The van der Waals surface area contributed by atoms with Crippen molar-refractivity contribution in [3.63, 3.8) is 0 Å². The van der Waals surface area contributed by atoms with E-state index in [2.05, 4.69) is 10.0 Å². The maximum atomic E-state index is 12.5. The topological polar surface area (TPSA) is 75.3 Å². The first-order valence-corrected chi connectivity index (χ1v) is 11.3. The Kier molecular flexibility index (Phi) is 6.52. The van der Waals surface area contributed by atoms with Gasteiger partial charge >= 0.3 is 0 Å². The highest BCUT2D eigenvalue weighted by atomic mass is 32.2. The molecule has 3 rings (SSSR count). The number of anilines is 1. The van der Waals surface area contributed by atoms with Gasteiger partial charge in [0, 0.05) is 5.69 Å². The molecule has 0 spiro atoms. The molecule has 0 saturated heterocycles. The Labute approximate surface area is 167 Å². The van der Waals surface area contributed by atoms with Crippen molar-refractivity contribution in [1.29, 1.82) is 0 Å². The van der Waals surface area contributed by atoms with Gasteiger partial charge in [-0.05, 0) is 61.4 Å². The van der Waals surface area contributed by atoms with Gasteiger partial charge in [0.15, 0.2) is 0 Å². The molecule has 28 heavy (non-hydrogen) atoms. The SMILES string of the molecule is Cc1cccc(C)c1NC(=O)CNS(=O)(=O)c1ccc(C2CCCCC2)cc1. The van der Waals surface area contributed by atoms with E-state index in [9.17, 15) is 13.2 Å². The number of hydrogen-bond donors (Lipinski definition) is 2. The number of para-hydroxylation sites is 1. The van der Waals surface area contributed by atoms with Crippen LogP contribution in [0.4, 0.5) is 5.69 Å². The largest absolute Gasteiger partial charge is 0.324 e. The molecule has 0 atom stereocenters. The van der Waals surface area contributed by atoms with Crippen LogP contribution in [0, 0.1) is 13.8 Å².